The van der Waals surface area contributed by atoms with Gasteiger partial charge in [0, 0.05) is 18.7 Å². The van der Waals surface area contributed by atoms with Gasteiger partial charge in [-0.1, -0.05) is 24.6 Å². The van der Waals surface area contributed by atoms with Gasteiger partial charge in [0.05, 0.1) is 5.75 Å². The molecule has 1 amide bonds. The topological polar surface area (TPSA) is 77.7 Å². The fourth-order valence-corrected chi connectivity index (χ4v) is 3.62. The maximum absolute atomic E-state index is 12.3. The monoisotopic (exact) mass is 361 g/mol. The van der Waals surface area contributed by atoms with Crippen LogP contribution in [0.4, 0.5) is 0 Å². The van der Waals surface area contributed by atoms with E-state index in [1.165, 1.54) is 24.6 Å². The Labute approximate surface area is 149 Å². The van der Waals surface area contributed by atoms with Crippen LogP contribution in [0.25, 0.3) is 11.5 Å². The number of benzene rings is 1. The zero-order valence-electron chi connectivity index (χ0n) is 13.8. The molecule has 0 N–H and O–H groups in total. The highest BCUT2D eigenvalue weighted by atomic mass is 32.2. The van der Waals surface area contributed by atoms with Gasteiger partial charge in [-0.05, 0) is 31.0 Å². The van der Waals surface area contributed by atoms with E-state index >= 15 is 0 Å². The van der Waals surface area contributed by atoms with E-state index in [1.807, 2.05) is 23.1 Å². The van der Waals surface area contributed by atoms with Crippen molar-refractivity contribution in [1.29, 1.82) is 0 Å². The van der Waals surface area contributed by atoms with Gasteiger partial charge in [0.1, 0.15) is 0 Å². The number of carbonyl (C=O) groups excluding carboxylic acids is 1. The summed E-state index contributed by atoms with van der Waals surface area (Å²) in [5.41, 5.74) is 0.766. The molecule has 2 aromatic rings. The number of rotatable bonds is 4. The van der Waals surface area contributed by atoms with Crippen molar-refractivity contribution in [3.05, 3.63) is 18.2 Å². The van der Waals surface area contributed by atoms with Gasteiger partial charge >= 0.3 is 0 Å². The van der Waals surface area contributed by atoms with Crippen LogP contribution in [0.2, 0.25) is 0 Å². The van der Waals surface area contributed by atoms with Crippen molar-refractivity contribution >= 4 is 17.7 Å². The van der Waals surface area contributed by atoms with Crippen LogP contribution in [0.1, 0.15) is 25.7 Å². The zero-order chi connectivity index (χ0) is 17.1. The third-order valence-electron chi connectivity index (χ3n) is 4.30. The Morgan fingerprint density at radius 3 is 2.72 bits per heavy atom. The minimum absolute atomic E-state index is 0.134. The predicted molar refractivity (Wildman–Crippen MR) is 91.6 cm³/mol. The Bertz CT molecular complexity index is 756. The third kappa shape index (κ3) is 3.73. The Morgan fingerprint density at radius 1 is 1.08 bits per heavy atom. The second-order valence-electron chi connectivity index (χ2n) is 6.02. The molecule has 25 heavy (non-hydrogen) atoms. The molecule has 8 heteroatoms. The first-order chi connectivity index (χ1) is 12.3. The van der Waals surface area contributed by atoms with Gasteiger partial charge in [-0.15, -0.1) is 10.2 Å². The summed E-state index contributed by atoms with van der Waals surface area (Å²) in [4.78, 5) is 14.3. The molecule has 2 aliphatic heterocycles. The Hall–Kier alpha value is -2.22. The van der Waals surface area contributed by atoms with Crippen LogP contribution in [0, 0.1) is 0 Å². The SMILES string of the molecule is O=C(CSc1nnc(-c2ccc3c(c2)OCO3)o1)N1CCCCCC1. The summed E-state index contributed by atoms with van der Waals surface area (Å²) < 4.78 is 16.3. The number of nitrogens with zero attached hydrogens (tertiary/aromatic N) is 3. The minimum Gasteiger partial charge on any atom is -0.454 e. The average Bonchev–Trinajstić information content (AvgIpc) is 3.21. The first kappa shape index (κ1) is 16.3. The highest BCUT2D eigenvalue weighted by Gasteiger charge is 2.19. The van der Waals surface area contributed by atoms with Crippen molar-refractivity contribution < 1.29 is 18.7 Å². The molecule has 0 bridgehead atoms. The summed E-state index contributed by atoms with van der Waals surface area (Å²) in [7, 11) is 0. The molecule has 4 rings (SSSR count). The fourth-order valence-electron chi connectivity index (χ4n) is 2.95. The van der Waals surface area contributed by atoms with Crippen molar-refractivity contribution in [2.24, 2.45) is 0 Å². The van der Waals surface area contributed by atoms with Gasteiger partial charge in [0.25, 0.3) is 5.22 Å². The van der Waals surface area contributed by atoms with E-state index in [9.17, 15) is 4.79 Å². The predicted octanol–water partition coefficient (Wildman–Crippen LogP) is 2.96. The Balaban J connectivity index is 1.37. The van der Waals surface area contributed by atoms with Crippen LogP contribution in [-0.4, -0.2) is 46.6 Å². The van der Waals surface area contributed by atoms with Gasteiger partial charge < -0.3 is 18.8 Å². The van der Waals surface area contributed by atoms with E-state index in [2.05, 4.69) is 10.2 Å². The van der Waals surface area contributed by atoms with Gasteiger partial charge in [-0.3, -0.25) is 4.79 Å². The molecule has 1 aromatic heterocycles. The normalized spacial score (nSPS) is 16.7. The number of aromatic nitrogens is 2. The number of amides is 1. The van der Waals surface area contributed by atoms with E-state index in [0.717, 1.165) is 31.5 Å². The number of carbonyl (C=O) groups is 1. The maximum Gasteiger partial charge on any atom is 0.277 e. The van der Waals surface area contributed by atoms with Gasteiger partial charge in [-0.2, -0.15) is 0 Å². The number of hydrogen-bond donors (Lipinski definition) is 0. The number of likely N-dealkylation sites (tertiary alicyclic amines) is 1. The molecule has 0 unspecified atom stereocenters. The summed E-state index contributed by atoms with van der Waals surface area (Å²) in [5.74, 6) is 2.24. The molecule has 0 saturated carbocycles. The van der Waals surface area contributed by atoms with Crippen LogP contribution in [0.3, 0.4) is 0 Å². The van der Waals surface area contributed by atoms with Gasteiger partial charge in [-0.25, -0.2) is 0 Å². The number of thioether (sulfide) groups is 1. The van der Waals surface area contributed by atoms with Crippen LogP contribution < -0.4 is 9.47 Å². The molecule has 1 fully saturated rings. The zero-order valence-corrected chi connectivity index (χ0v) is 14.6. The molecule has 1 aromatic carbocycles. The van der Waals surface area contributed by atoms with Gasteiger partial charge in [0.2, 0.25) is 18.6 Å². The highest BCUT2D eigenvalue weighted by Crippen LogP contribution is 2.36. The molecule has 0 spiro atoms. The standard InChI is InChI=1S/C17H19N3O4S/c21-15(20-7-3-1-2-4-8-20)10-25-17-19-18-16(24-17)12-5-6-13-14(9-12)23-11-22-13/h5-6,9H,1-4,7-8,10-11H2. The van der Waals surface area contributed by atoms with E-state index in [1.54, 1.807) is 0 Å². The molecule has 0 radical (unpaired) electrons. The quantitative estimate of drug-likeness (QED) is 0.775. The average molecular weight is 361 g/mol. The number of ether oxygens (including phenoxy) is 2. The first-order valence-electron chi connectivity index (χ1n) is 8.44. The summed E-state index contributed by atoms with van der Waals surface area (Å²) in [5, 5.41) is 8.48. The molecule has 7 nitrogen and oxygen atoms in total. The smallest absolute Gasteiger partial charge is 0.277 e. The van der Waals surface area contributed by atoms with Crippen molar-refractivity contribution in [1.82, 2.24) is 15.1 Å². The van der Waals surface area contributed by atoms with Crippen molar-refractivity contribution in [3.63, 3.8) is 0 Å². The van der Waals surface area contributed by atoms with E-state index in [-0.39, 0.29) is 12.7 Å². The molecule has 132 valence electrons. The lowest BCUT2D eigenvalue weighted by atomic mass is 10.2. The lowest BCUT2D eigenvalue weighted by Crippen LogP contribution is -2.33. The van der Waals surface area contributed by atoms with Crippen LogP contribution in [0.5, 0.6) is 11.5 Å². The summed E-state index contributed by atoms with van der Waals surface area (Å²) >= 11 is 1.28. The second-order valence-corrected chi connectivity index (χ2v) is 6.95. The molecule has 3 heterocycles. The second kappa shape index (κ2) is 7.35. The number of fused-ring (bicyclic) bond motifs is 1. The fraction of sp³-hybridized carbons (Fsp3) is 0.471. The van der Waals surface area contributed by atoms with Crippen LogP contribution in [-0.2, 0) is 4.79 Å². The molecular weight excluding hydrogens is 342 g/mol. The highest BCUT2D eigenvalue weighted by molar-refractivity contribution is 7.99. The van der Waals surface area contributed by atoms with E-state index in [4.69, 9.17) is 13.9 Å². The minimum atomic E-state index is 0.134. The van der Waals surface area contributed by atoms with Crippen LogP contribution in [0.15, 0.2) is 27.8 Å². The van der Waals surface area contributed by atoms with Crippen molar-refractivity contribution in [3.8, 4) is 23.0 Å². The van der Waals surface area contributed by atoms with E-state index < -0.39 is 0 Å². The first-order valence-corrected chi connectivity index (χ1v) is 9.42. The molecular formula is C17H19N3O4S. The van der Waals surface area contributed by atoms with Gasteiger partial charge in [0.15, 0.2) is 11.5 Å². The Morgan fingerprint density at radius 2 is 1.88 bits per heavy atom. The molecule has 0 aliphatic carbocycles. The maximum atomic E-state index is 12.3. The van der Waals surface area contributed by atoms with Crippen molar-refractivity contribution in [2.75, 3.05) is 25.6 Å². The lowest BCUT2D eigenvalue weighted by molar-refractivity contribution is -0.128. The third-order valence-corrected chi connectivity index (χ3v) is 5.11. The van der Waals surface area contributed by atoms with Crippen molar-refractivity contribution in [2.45, 2.75) is 30.9 Å². The Kier molecular flexibility index (Phi) is 4.78. The molecule has 2 aliphatic rings. The van der Waals surface area contributed by atoms with E-state index in [0.29, 0.717) is 28.4 Å². The summed E-state index contributed by atoms with van der Waals surface area (Å²) in [6, 6.07) is 5.47. The lowest BCUT2D eigenvalue weighted by Gasteiger charge is -2.19. The summed E-state index contributed by atoms with van der Waals surface area (Å²) in [6.07, 6.45) is 4.59. The molecule has 1 saturated heterocycles. The summed E-state index contributed by atoms with van der Waals surface area (Å²) in [6.45, 7) is 1.93. The number of hydrogen-bond acceptors (Lipinski definition) is 7. The molecule has 0 atom stereocenters. The largest absolute Gasteiger partial charge is 0.454 e. The van der Waals surface area contributed by atoms with Crippen LogP contribution >= 0.6 is 11.8 Å².